The first-order valence-electron chi connectivity index (χ1n) is 9.86. The highest BCUT2D eigenvalue weighted by atomic mass is 32.1. The molecule has 6 nitrogen and oxygen atoms in total. The SMILES string of the molecule is CCOc1ccc(CC(=O)Oc2cccc(Nc3nc(-c4ccccn4)cs3)c2)cc1. The summed E-state index contributed by atoms with van der Waals surface area (Å²) in [5, 5.41) is 5.93. The Morgan fingerprint density at radius 3 is 2.65 bits per heavy atom. The normalized spacial score (nSPS) is 10.5. The molecule has 0 radical (unpaired) electrons. The molecule has 0 unspecified atom stereocenters. The number of benzene rings is 2. The number of pyridine rings is 1. The fourth-order valence-electron chi connectivity index (χ4n) is 2.93. The first-order chi connectivity index (χ1) is 15.2. The fourth-order valence-corrected chi connectivity index (χ4v) is 3.65. The second-order valence-electron chi connectivity index (χ2n) is 6.63. The second kappa shape index (κ2) is 9.86. The number of nitrogens with zero attached hydrogens (tertiary/aromatic N) is 2. The number of hydrogen-bond acceptors (Lipinski definition) is 7. The fraction of sp³-hybridized carbons (Fsp3) is 0.125. The van der Waals surface area contributed by atoms with Crippen LogP contribution in [0, 0.1) is 0 Å². The molecule has 156 valence electrons. The van der Waals surface area contributed by atoms with Crippen LogP contribution in [0.2, 0.25) is 0 Å². The van der Waals surface area contributed by atoms with Crippen LogP contribution in [0.3, 0.4) is 0 Å². The molecule has 0 amide bonds. The van der Waals surface area contributed by atoms with Gasteiger partial charge in [-0.1, -0.05) is 24.3 Å². The van der Waals surface area contributed by atoms with Crippen LogP contribution in [0.1, 0.15) is 12.5 Å². The molecule has 0 saturated carbocycles. The molecule has 0 aliphatic heterocycles. The molecule has 4 aromatic rings. The van der Waals surface area contributed by atoms with Crippen molar-refractivity contribution in [2.45, 2.75) is 13.3 Å². The summed E-state index contributed by atoms with van der Waals surface area (Å²) in [6.07, 6.45) is 1.93. The molecule has 0 aliphatic rings. The Morgan fingerprint density at radius 2 is 1.87 bits per heavy atom. The summed E-state index contributed by atoms with van der Waals surface area (Å²) < 4.78 is 10.9. The molecule has 7 heteroatoms. The molecule has 0 spiro atoms. The minimum Gasteiger partial charge on any atom is -0.494 e. The van der Waals surface area contributed by atoms with Crippen molar-refractivity contribution in [1.29, 1.82) is 0 Å². The van der Waals surface area contributed by atoms with Gasteiger partial charge >= 0.3 is 5.97 Å². The monoisotopic (exact) mass is 431 g/mol. The van der Waals surface area contributed by atoms with Crippen molar-refractivity contribution in [2.75, 3.05) is 11.9 Å². The Labute approximate surface area is 184 Å². The average Bonchev–Trinajstić information content (AvgIpc) is 3.25. The predicted octanol–water partition coefficient (Wildman–Crippen LogP) is 5.50. The molecule has 0 fully saturated rings. The van der Waals surface area contributed by atoms with Crippen molar-refractivity contribution in [1.82, 2.24) is 9.97 Å². The number of thiazole rings is 1. The number of carbonyl (C=O) groups is 1. The molecule has 0 saturated heterocycles. The molecular weight excluding hydrogens is 410 g/mol. The third kappa shape index (κ3) is 5.67. The molecule has 2 aromatic carbocycles. The zero-order valence-electron chi connectivity index (χ0n) is 16.9. The van der Waals surface area contributed by atoms with Gasteiger partial charge in [0.25, 0.3) is 0 Å². The zero-order valence-corrected chi connectivity index (χ0v) is 17.8. The summed E-state index contributed by atoms with van der Waals surface area (Å²) >= 11 is 1.49. The maximum atomic E-state index is 12.3. The van der Waals surface area contributed by atoms with Gasteiger partial charge in [-0.05, 0) is 48.9 Å². The van der Waals surface area contributed by atoms with E-state index in [-0.39, 0.29) is 12.4 Å². The van der Waals surface area contributed by atoms with Gasteiger partial charge in [-0.25, -0.2) is 4.98 Å². The highest BCUT2D eigenvalue weighted by molar-refractivity contribution is 7.14. The van der Waals surface area contributed by atoms with E-state index in [9.17, 15) is 4.79 Å². The smallest absolute Gasteiger partial charge is 0.315 e. The van der Waals surface area contributed by atoms with Crippen LogP contribution in [0.4, 0.5) is 10.8 Å². The maximum Gasteiger partial charge on any atom is 0.315 e. The Hall–Kier alpha value is -3.71. The summed E-state index contributed by atoms with van der Waals surface area (Å²) in [4.78, 5) is 21.2. The first-order valence-corrected chi connectivity index (χ1v) is 10.7. The molecular formula is C24H21N3O3S. The average molecular weight is 432 g/mol. The number of nitrogens with one attached hydrogen (secondary N) is 1. The van der Waals surface area contributed by atoms with Gasteiger partial charge in [-0.15, -0.1) is 11.3 Å². The zero-order chi connectivity index (χ0) is 21.5. The van der Waals surface area contributed by atoms with Gasteiger partial charge < -0.3 is 14.8 Å². The van der Waals surface area contributed by atoms with Crippen molar-refractivity contribution in [2.24, 2.45) is 0 Å². The van der Waals surface area contributed by atoms with Crippen molar-refractivity contribution in [3.05, 3.63) is 83.9 Å². The van der Waals surface area contributed by atoms with E-state index < -0.39 is 0 Å². The van der Waals surface area contributed by atoms with Crippen LogP contribution in [-0.2, 0) is 11.2 Å². The second-order valence-corrected chi connectivity index (χ2v) is 7.49. The topological polar surface area (TPSA) is 73.3 Å². The van der Waals surface area contributed by atoms with E-state index in [0.29, 0.717) is 12.4 Å². The quantitative estimate of drug-likeness (QED) is 0.294. The highest BCUT2D eigenvalue weighted by Gasteiger charge is 2.09. The van der Waals surface area contributed by atoms with E-state index in [1.807, 2.05) is 66.9 Å². The summed E-state index contributed by atoms with van der Waals surface area (Å²) in [6.45, 7) is 2.54. The van der Waals surface area contributed by atoms with Gasteiger partial charge in [-0.2, -0.15) is 0 Å². The number of ether oxygens (including phenoxy) is 2. The van der Waals surface area contributed by atoms with E-state index in [4.69, 9.17) is 9.47 Å². The van der Waals surface area contributed by atoms with Crippen LogP contribution in [-0.4, -0.2) is 22.5 Å². The van der Waals surface area contributed by atoms with Crippen LogP contribution in [0.15, 0.2) is 78.3 Å². The Morgan fingerprint density at radius 1 is 1.00 bits per heavy atom. The molecule has 2 heterocycles. The molecule has 0 aliphatic carbocycles. The maximum absolute atomic E-state index is 12.3. The van der Waals surface area contributed by atoms with E-state index in [0.717, 1.165) is 33.5 Å². The van der Waals surface area contributed by atoms with Crippen molar-refractivity contribution in [3.8, 4) is 22.9 Å². The summed E-state index contributed by atoms with van der Waals surface area (Å²) in [6, 6.07) is 20.4. The summed E-state index contributed by atoms with van der Waals surface area (Å²) in [5.74, 6) is 0.933. The molecule has 4 rings (SSSR count). The van der Waals surface area contributed by atoms with E-state index in [2.05, 4.69) is 15.3 Å². The number of carbonyl (C=O) groups excluding carboxylic acids is 1. The van der Waals surface area contributed by atoms with E-state index in [1.54, 1.807) is 18.3 Å². The van der Waals surface area contributed by atoms with Crippen LogP contribution in [0.25, 0.3) is 11.4 Å². The lowest BCUT2D eigenvalue weighted by Crippen LogP contribution is -2.11. The molecule has 31 heavy (non-hydrogen) atoms. The van der Waals surface area contributed by atoms with Crippen LogP contribution < -0.4 is 14.8 Å². The van der Waals surface area contributed by atoms with Crippen molar-refractivity contribution in [3.63, 3.8) is 0 Å². The minimum atomic E-state index is -0.326. The van der Waals surface area contributed by atoms with E-state index >= 15 is 0 Å². The van der Waals surface area contributed by atoms with Gasteiger partial charge in [0.05, 0.1) is 18.7 Å². The lowest BCUT2D eigenvalue weighted by Gasteiger charge is -2.08. The Kier molecular flexibility index (Phi) is 6.54. The van der Waals surface area contributed by atoms with Crippen LogP contribution >= 0.6 is 11.3 Å². The lowest BCUT2D eigenvalue weighted by atomic mass is 10.1. The van der Waals surface area contributed by atoms with Crippen molar-refractivity contribution >= 4 is 28.1 Å². The number of anilines is 2. The molecule has 0 atom stereocenters. The van der Waals surface area contributed by atoms with Gasteiger partial charge in [0.1, 0.15) is 17.2 Å². The third-order valence-corrected chi connectivity index (χ3v) is 5.09. The number of hydrogen-bond donors (Lipinski definition) is 1. The molecule has 2 aromatic heterocycles. The number of esters is 1. The van der Waals surface area contributed by atoms with Gasteiger partial charge in [0.2, 0.25) is 0 Å². The Balaban J connectivity index is 1.37. The third-order valence-electron chi connectivity index (χ3n) is 4.33. The summed E-state index contributed by atoms with van der Waals surface area (Å²) in [7, 11) is 0. The largest absolute Gasteiger partial charge is 0.494 e. The number of rotatable bonds is 8. The predicted molar refractivity (Wildman–Crippen MR) is 122 cm³/mol. The number of aromatic nitrogens is 2. The van der Waals surface area contributed by atoms with Crippen LogP contribution in [0.5, 0.6) is 11.5 Å². The standard InChI is InChI=1S/C24H21N3O3S/c1-2-29-19-11-9-17(10-12-19)14-23(28)30-20-7-5-6-18(15-20)26-24-27-22(16-31-24)21-8-3-4-13-25-21/h3-13,15-16H,2,14H2,1H3,(H,26,27). The molecule has 0 bridgehead atoms. The minimum absolute atomic E-state index is 0.185. The van der Waals surface area contributed by atoms with E-state index in [1.165, 1.54) is 11.3 Å². The summed E-state index contributed by atoms with van der Waals surface area (Å²) in [5.41, 5.74) is 3.29. The van der Waals surface area contributed by atoms with Gasteiger partial charge in [-0.3, -0.25) is 9.78 Å². The first kappa shape index (κ1) is 20.6. The Bertz CT molecular complexity index is 1140. The lowest BCUT2D eigenvalue weighted by molar-refractivity contribution is -0.133. The molecule has 1 N–H and O–H groups in total. The van der Waals surface area contributed by atoms with Gasteiger partial charge in [0, 0.05) is 23.3 Å². The van der Waals surface area contributed by atoms with Crippen molar-refractivity contribution < 1.29 is 14.3 Å². The van der Waals surface area contributed by atoms with Gasteiger partial charge in [0.15, 0.2) is 5.13 Å². The highest BCUT2D eigenvalue weighted by Crippen LogP contribution is 2.27.